The van der Waals surface area contributed by atoms with Crippen LogP contribution >= 0.6 is 0 Å². The van der Waals surface area contributed by atoms with Crippen LogP contribution in [0.1, 0.15) is 30.3 Å². The Morgan fingerprint density at radius 3 is 2.64 bits per heavy atom. The van der Waals surface area contributed by atoms with Crippen molar-refractivity contribution in [2.75, 3.05) is 37.7 Å². The van der Waals surface area contributed by atoms with Gasteiger partial charge in [-0.25, -0.2) is 9.78 Å². The molecule has 6 rings (SSSR count). The van der Waals surface area contributed by atoms with Crippen LogP contribution in [0, 0.1) is 5.41 Å². The van der Waals surface area contributed by atoms with Crippen molar-refractivity contribution in [1.29, 1.82) is 0 Å². The first kappa shape index (κ1) is 20.7. The molecule has 1 N–H and O–H groups in total. The molecule has 7 nitrogen and oxygen atoms in total. The summed E-state index contributed by atoms with van der Waals surface area (Å²) in [4.78, 5) is 21.1. The third-order valence-electron chi connectivity index (χ3n) is 7.58. The molecule has 1 amide bonds. The van der Waals surface area contributed by atoms with Gasteiger partial charge < -0.3 is 19.3 Å². The molecule has 172 valence electrons. The summed E-state index contributed by atoms with van der Waals surface area (Å²) in [6.45, 7) is 7.90. The zero-order valence-corrected chi connectivity index (χ0v) is 19.0. The van der Waals surface area contributed by atoms with E-state index in [1.807, 2.05) is 19.1 Å². The molecule has 2 fully saturated rings. The van der Waals surface area contributed by atoms with E-state index in [1.165, 1.54) is 10.5 Å². The largest absolute Gasteiger partial charge is 0.465 e. The number of benzene rings is 2. The van der Waals surface area contributed by atoms with Gasteiger partial charge in [-0.2, -0.15) is 0 Å². The summed E-state index contributed by atoms with van der Waals surface area (Å²) in [6.07, 6.45) is 1.55. The lowest BCUT2D eigenvalue weighted by Gasteiger charge is -2.55. The van der Waals surface area contributed by atoms with Crippen molar-refractivity contribution in [1.82, 2.24) is 14.5 Å². The highest BCUT2D eigenvalue weighted by Crippen LogP contribution is 2.38. The SMILES string of the molecule is C[C@H]1CCc2c(ccc3c2nc(Cc2ccccc2)n3CCN2CC3(COC3)C2)N1C(=O)O. The zero-order valence-electron chi connectivity index (χ0n) is 19.0. The van der Waals surface area contributed by atoms with Crippen LogP contribution in [0.2, 0.25) is 0 Å². The van der Waals surface area contributed by atoms with E-state index in [9.17, 15) is 9.90 Å². The predicted octanol–water partition coefficient (Wildman–Crippen LogP) is 3.78. The third-order valence-corrected chi connectivity index (χ3v) is 7.58. The van der Waals surface area contributed by atoms with Crippen LogP contribution in [0.15, 0.2) is 42.5 Å². The average Bonchev–Trinajstić information content (AvgIpc) is 3.09. The molecular formula is C26H30N4O3. The number of nitrogens with zero attached hydrogens (tertiary/aromatic N) is 4. The van der Waals surface area contributed by atoms with Gasteiger partial charge in [0.25, 0.3) is 0 Å². The minimum atomic E-state index is -0.890. The lowest BCUT2D eigenvalue weighted by atomic mass is 9.78. The Morgan fingerprint density at radius 2 is 1.94 bits per heavy atom. The molecule has 3 aliphatic rings. The van der Waals surface area contributed by atoms with Crippen LogP contribution in [-0.4, -0.2) is 64.5 Å². The average molecular weight is 447 g/mol. The number of anilines is 1. The monoisotopic (exact) mass is 446 g/mol. The molecule has 3 aliphatic heterocycles. The number of fused-ring (bicyclic) bond motifs is 3. The first-order valence-corrected chi connectivity index (χ1v) is 11.9. The Bertz CT molecular complexity index is 1190. The molecule has 1 spiro atoms. The highest BCUT2D eigenvalue weighted by molar-refractivity contribution is 5.94. The zero-order chi connectivity index (χ0) is 22.6. The standard InChI is InChI=1S/C26H30N4O3/c1-18-7-8-20-21(30(18)25(31)32)9-10-22-24(20)27-23(13-19-5-3-2-4-6-19)29(22)12-11-28-14-26(15-28)16-33-17-26/h2-6,9-10,18H,7-8,11-17H2,1H3,(H,31,32)/t18-/m0/s1. The minimum absolute atomic E-state index is 0.0208. The maximum atomic E-state index is 12.0. The van der Waals surface area contributed by atoms with Gasteiger partial charge in [0.15, 0.2) is 0 Å². The van der Waals surface area contributed by atoms with E-state index < -0.39 is 6.09 Å². The quantitative estimate of drug-likeness (QED) is 0.646. The molecule has 0 aliphatic carbocycles. The van der Waals surface area contributed by atoms with Crippen molar-refractivity contribution in [3.8, 4) is 0 Å². The summed E-state index contributed by atoms with van der Waals surface area (Å²) in [5, 5.41) is 9.81. The number of amides is 1. The lowest BCUT2D eigenvalue weighted by Crippen LogP contribution is -2.66. The van der Waals surface area contributed by atoms with Gasteiger partial charge >= 0.3 is 6.09 Å². The Morgan fingerprint density at radius 1 is 1.15 bits per heavy atom. The van der Waals surface area contributed by atoms with Gasteiger partial charge in [-0.3, -0.25) is 4.90 Å². The molecule has 1 aromatic heterocycles. The number of hydrogen-bond acceptors (Lipinski definition) is 4. The fourth-order valence-electron chi connectivity index (χ4n) is 5.81. The number of imidazole rings is 1. The van der Waals surface area contributed by atoms with Crippen molar-refractivity contribution < 1.29 is 14.6 Å². The lowest BCUT2D eigenvalue weighted by molar-refractivity contribution is -0.189. The number of aryl methyl sites for hydroxylation is 1. The van der Waals surface area contributed by atoms with E-state index in [4.69, 9.17) is 9.72 Å². The summed E-state index contributed by atoms with van der Waals surface area (Å²) in [5.74, 6) is 1.05. The molecule has 2 saturated heterocycles. The normalized spacial score (nSPS) is 21.6. The number of carbonyl (C=O) groups is 1. The van der Waals surface area contributed by atoms with Crippen LogP contribution in [-0.2, 0) is 24.1 Å². The first-order valence-electron chi connectivity index (χ1n) is 11.9. The van der Waals surface area contributed by atoms with E-state index in [0.717, 1.165) is 86.8 Å². The molecular weight excluding hydrogens is 416 g/mol. The number of hydrogen-bond donors (Lipinski definition) is 1. The van der Waals surface area contributed by atoms with Crippen LogP contribution < -0.4 is 4.90 Å². The topological polar surface area (TPSA) is 70.8 Å². The van der Waals surface area contributed by atoms with Gasteiger partial charge in [-0.1, -0.05) is 30.3 Å². The van der Waals surface area contributed by atoms with Gasteiger partial charge in [0.1, 0.15) is 5.82 Å². The Labute approximate surface area is 193 Å². The fraction of sp³-hybridized carbons (Fsp3) is 0.462. The van der Waals surface area contributed by atoms with Gasteiger partial charge in [0.05, 0.1) is 29.9 Å². The fourth-order valence-corrected chi connectivity index (χ4v) is 5.81. The van der Waals surface area contributed by atoms with Crippen molar-refractivity contribution in [3.05, 3.63) is 59.4 Å². The summed E-state index contributed by atoms with van der Waals surface area (Å²) >= 11 is 0. The number of rotatable bonds is 5. The maximum absolute atomic E-state index is 12.0. The maximum Gasteiger partial charge on any atom is 0.412 e. The molecule has 4 heterocycles. The second-order valence-electron chi connectivity index (χ2n) is 10.0. The number of carboxylic acid groups (broad SMARTS) is 1. The van der Waals surface area contributed by atoms with Crippen molar-refractivity contribution >= 4 is 22.8 Å². The summed E-state index contributed by atoms with van der Waals surface area (Å²) in [7, 11) is 0. The van der Waals surface area contributed by atoms with Gasteiger partial charge in [0.2, 0.25) is 0 Å². The van der Waals surface area contributed by atoms with E-state index in [1.54, 1.807) is 0 Å². The molecule has 0 unspecified atom stereocenters. The molecule has 0 radical (unpaired) electrons. The van der Waals surface area contributed by atoms with Crippen LogP contribution in [0.25, 0.3) is 11.0 Å². The number of aromatic nitrogens is 2. The number of likely N-dealkylation sites (tertiary alicyclic amines) is 1. The predicted molar refractivity (Wildman–Crippen MR) is 127 cm³/mol. The molecule has 33 heavy (non-hydrogen) atoms. The van der Waals surface area contributed by atoms with Crippen molar-refractivity contribution in [2.24, 2.45) is 5.41 Å². The van der Waals surface area contributed by atoms with Gasteiger partial charge in [-0.05, 0) is 37.5 Å². The van der Waals surface area contributed by atoms with E-state index in [2.05, 4.69) is 39.8 Å². The highest BCUT2D eigenvalue weighted by atomic mass is 16.5. The molecule has 2 aromatic carbocycles. The molecule has 0 saturated carbocycles. The van der Waals surface area contributed by atoms with E-state index >= 15 is 0 Å². The molecule has 1 atom stereocenters. The molecule has 3 aromatic rings. The Hall–Kier alpha value is -2.90. The summed E-state index contributed by atoms with van der Waals surface area (Å²) in [6, 6.07) is 14.5. The van der Waals surface area contributed by atoms with Crippen molar-refractivity contribution in [2.45, 2.75) is 38.8 Å². The number of ether oxygens (including phenoxy) is 1. The van der Waals surface area contributed by atoms with Crippen molar-refractivity contribution in [3.63, 3.8) is 0 Å². The second kappa shape index (κ2) is 7.85. The van der Waals surface area contributed by atoms with Gasteiger partial charge in [-0.15, -0.1) is 0 Å². The van der Waals surface area contributed by atoms with Crippen LogP contribution in [0.4, 0.5) is 10.5 Å². The van der Waals surface area contributed by atoms with Gasteiger partial charge in [0, 0.05) is 49.6 Å². The first-order chi connectivity index (χ1) is 16.0. The Balaban J connectivity index is 1.36. The van der Waals surface area contributed by atoms with E-state index in [-0.39, 0.29) is 6.04 Å². The van der Waals surface area contributed by atoms with Crippen LogP contribution in [0.5, 0.6) is 0 Å². The summed E-state index contributed by atoms with van der Waals surface area (Å²) < 4.78 is 7.78. The highest BCUT2D eigenvalue weighted by Gasteiger charge is 2.48. The minimum Gasteiger partial charge on any atom is -0.465 e. The second-order valence-corrected chi connectivity index (χ2v) is 10.0. The smallest absolute Gasteiger partial charge is 0.412 e. The molecule has 0 bridgehead atoms. The van der Waals surface area contributed by atoms with E-state index in [0.29, 0.717) is 5.41 Å². The molecule has 7 heteroatoms. The van der Waals surface area contributed by atoms with Crippen LogP contribution in [0.3, 0.4) is 0 Å². The Kier molecular flexibility index (Phi) is 4.92. The summed E-state index contributed by atoms with van der Waals surface area (Å²) in [5.41, 5.74) is 5.58. The third kappa shape index (κ3) is 3.50.